The van der Waals surface area contributed by atoms with Crippen LogP contribution in [0.15, 0.2) is 29.8 Å². The Kier molecular flexibility index (Phi) is 3.43. The van der Waals surface area contributed by atoms with E-state index in [0.29, 0.717) is 15.7 Å². The molecule has 0 aliphatic carbocycles. The minimum Gasteiger partial charge on any atom is -0.298 e. The normalized spacial score (nSPS) is 10.1. The lowest BCUT2D eigenvalue weighted by Crippen LogP contribution is -2.12. The number of nitrogens with zero attached hydrogens (tertiary/aromatic N) is 1. The largest absolute Gasteiger partial charge is 0.298 e. The highest BCUT2D eigenvalue weighted by atomic mass is 35.5. The zero-order chi connectivity index (χ0) is 11.5. The fourth-order valence-corrected chi connectivity index (χ4v) is 2.04. The molecule has 0 aliphatic rings. The van der Waals surface area contributed by atoms with E-state index in [1.165, 1.54) is 11.3 Å². The maximum atomic E-state index is 11.8. The fraction of sp³-hybridized carbons (Fsp3) is 0. The molecule has 1 N–H and O–H groups in total. The molecule has 0 radical (unpaired) electrons. The lowest BCUT2D eigenvalue weighted by molar-refractivity contribution is 0.102. The molecule has 1 amide bonds. The van der Waals surface area contributed by atoms with Gasteiger partial charge in [0.15, 0.2) is 5.13 Å². The summed E-state index contributed by atoms with van der Waals surface area (Å²) in [5.74, 6) is -0.317. The molecule has 0 unspecified atom stereocenters. The van der Waals surface area contributed by atoms with Crippen LogP contribution < -0.4 is 5.32 Å². The Morgan fingerprint density at radius 3 is 2.88 bits per heavy atom. The number of hydrogen-bond donors (Lipinski definition) is 1. The molecule has 6 heteroatoms. The summed E-state index contributed by atoms with van der Waals surface area (Å²) in [7, 11) is 0. The molecule has 82 valence electrons. The molecule has 0 saturated heterocycles. The van der Waals surface area contributed by atoms with Gasteiger partial charge < -0.3 is 0 Å². The SMILES string of the molecule is O=C(Nc1nccs1)c1cccc(Cl)c1Cl. The van der Waals surface area contributed by atoms with Crippen LogP contribution in [-0.4, -0.2) is 10.9 Å². The summed E-state index contributed by atoms with van der Waals surface area (Å²) in [6, 6.07) is 4.91. The molecule has 0 aliphatic heterocycles. The van der Waals surface area contributed by atoms with Crippen LogP contribution in [-0.2, 0) is 0 Å². The molecule has 16 heavy (non-hydrogen) atoms. The summed E-state index contributed by atoms with van der Waals surface area (Å²) >= 11 is 13.1. The Morgan fingerprint density at radius 1 is 1.38 bits per heavy atom. The maximum absolute atomic E-state index is 11.8. The number of amides is 1. The van der Waals surface area contributed by atoms with E-state index < -0.39 is 0 Å². The van der Waals surface area contributed by atoms with Crippen molar-refractivity contribution in [2.75, 3.05) is 5.32 Å². The van der Waals surface area contributed by atoms with E-state index in [9.17, 15) is 4.79 Å². The highest BCUT2D eigenvalue weighted by Gasteiger charge is 2.13. The molecular weight excluding hydrogens is 267 g/mol. The van der Waals surface area contributed by atoms with Crippen molar-refractivity contribution in [3.63, 3.8) is 0 Å². The van der Waals surface area contributed by atoms with Gasteiger partial charge in [0.1, 0.15) is 0 Å². The van der Waals surface area contributed by atoms with Gasteiger partial charge in [-0.15, -0.1) is 11.3 Å². The Labute approximate surface area is 106 Å². The topological polar surface area (TPSA) is 42.0 Å². The van der Waals surface area contributed by atoms with Gasteiger partial charge in [-0.2, -0.15) is 0 Å². The van der Waals surface area contributed by atoms with Gasteiger partial charge in [-0.3, -0.25) is 10.1 Å². The first-order valence-corrected chi connectivity index (χ1v) is 5.97. The smallest absolute Gasteiger partial charge is 0.259 e. The van der Waals surface area contributed by atoms with E-state index >= 15 is 0 Å². The minimum atomic E-state index is -0.317. The molecule has 0 atom stereocenters. The van der Waals surface area contributed by atoms with Gasteiger partial charge in [0.05, 0.1) is 15.6 Å². The summed E-state index contributed by atoms with van der Waals surface area (Å²) in [6.45, 7) is 0. The third-order valence-electron chi connectivity index (χ3n) is 1.85. The zero-order valence-corrected chi connectivity index (χ0v) is 10.2. The van der Waals surface area contributed by atoms with Crippen LogP contribution in [0.25, 0.3) is 0 Å². The van der Waals surface area contributed by atoms with Crippen molar-refractivity contribution in [1.82, 2.24) is 4.98 Å². The monoisotopic (exact) mass is 272 g/mol. The van der Waals surface area contributed by atoms with Crippen LogP contribution in [0.2, 0.25) is 10.0 Å². The molecule has 2 aromatic rings. The third-order valence-corrected chi connectivity index (χ3v) is 3.36. The molecule has 2 rings (SSSR count). The van der Waals surface area contributed by atoms with Gasteiger partial charge in [-0.25, -0.2) is 4.98 Å². The molecule has 0 spiro atoms. The van der Waals surface area contributed by atoms with Crippen LogP contribution in [0.5, 0.6) is 0 Å². The van der Waals surface area contributed by atoms with Crippen LogP contribution >= 0.6 is 34.5 Å². The first kappa shape index (κ1) is 11.4. The number of carbonyl (C=O) groups excluding carboxylic acids is 1. The van der Waals surface area contributed by atoms with E-state index in [4.69, 9.17) is 23.2 Å². The minimum absolute atomic E-state index is 0.248. The summed E-state index contributed by atoms with van der Waals surface area (Å²) < 4.78 is 0. The average Bonchev–Trinajstić information content (AvgIpc) is 2.74. The van der Waals surface area contributed by atoms with E-state index in [-0.39, 0.29) is 10.9 Å². The lowest BCUT2D eigenvalue weighted by Gasteiger charge is -2.04. The van der Waals surface area contributed by atoms with Crippen molar-refractivity contribution in [3.8, 4) is 0 Å². The molecule has 0 fully saturated rings. The second-order valence-electron chi connectivity index (χ2n) is 2.89. The number of rotatable bonds is 2. The highest BCUT2D eigenvalue weighted by molar-refractivity contribution is 7.13. The third kappa shape index (κ3) is 2.35. The van der Waals surface area contributed by atoms with Crippen molar-refractivity contribution in [2.24, 2.45) is 0 Å². The maximum Gasteiger partial charge on any atom is 0.259 e. The van der Waals surface area contributed by atoms with Crippen molar-refractivity contribution in [3.05, 3.63) is 45.4 Å². The number of halogens is 2. The van der Waals surface area contributed by atoms with Crippen LogP contribution in [0, 0.1) is 0 Å². The van der Waals surface area contributed by atoms with Crippen LogP contribution in [0.3, 0.4) is 0 Å². The molecule has 0 saturated carbocycles. The van der Waals surface area contributed by atoms with Crippen LogP contribution in [0.4, 0.5) is 5.13 Å². The van der Waals surface area contributed by atoms with Crippen molar-refractivity contribution in [1.29, 1.82) is 0 Å². The van der Waals surface area contributed by atoms with Gasteiger partial charge in [0, 0.05) is 11.6 Å². The number of aromatic nitrogens is 1. The number of hydrogen-bond acceptors (Lipinski definition) is 3. The summed E-state index contributed by atoms with van der Waals surface area (Å²) in [5.41, 5.74) is 0.337. The highest BCUT2D eigenvalue weighted by Crippen LogP contribution is 2.26. The average molecular weight is 273 g/mol. The zero-order valence-electron chi connectivity index (χ0n) is 7.91. The molecule has 1 heterocycles. The predicted octanol–water partition coefficient (Wildman–Crippen LogP) is 3.70. The van der Waals surface area contributed by atoms with E-state index in [1.807, 2.05) is 0 Å². The molecule has 3 nitrogen and oxygen atoms in total. The molecule has 1 aromatic heterocycles. The number of benzene rings is 1. The Hall–Kier alpha value is -1.10. The van der Waals surface area contributed by atoms with Gasteiger partial charge in [0.2, 0.25) is 0 Å². The second kappa shape index (κ2) is 4.82. The summed E-state index contributed by atoms with van der Waals surface area (Å²) in [5, 5.41) is 5.54. The number of anilines is 1. The number of thiazole rings is 1. The van der Waals surface area contributed by atoms with E-state index in [0.717, 1.165) is 0 Å². The van der Waals surface area contributed by atoms with Gasteiger partial charge in [-0.1, -0.05) is 29.3 Å². The fourth-order valence-electron chi connectivity index (χ4n) is 1.13. The van der Waals surface area contributed by atoms with Crippen molar-refractivity contribution >= 4 is 45.6 Å². The molecule has 1 aromatic carbocycles. The van der Waals surface area contributed by atoms with E-state index in [1.54, 1.807) is 29.8 Å². The predicted molar refractivity (Wildman–Crippen MR) is 66.5 cm³/mol. The Morgan fingerprint density at radius 2 is 2.19 bits per heavy atom. The number of nitrogens with one attached hydrogen (secondary N) is 1. The van der Waals surface area contributed by atoms with Crippen molar-refractivity contribution < 1.29 is 4.79 Å². The summed E-state index contributed by atoms with van der Waals surface area (Å²) in [6.07, 6.45) is 1.61. The first-order chi connectivity index (χ1) is 7.68. The number of carbonyl (C=O) groups is 1. The molecule has 0 bridgehead atoms. The quantitative estimate of drug-likeness (QED) is 0.906. The van der Waals surface area contributed by atoms with Gasteiger partial charge >= 0.3 is 0 Å². The second-order valence-corrected chi connectivity index (χ2v) is 4.57. The van der Waals surface area contributed by atoms with Crippen molar-refractivity contribution in [2.45, 2.75) is 0 Å². The van der Waals surface area contributed by atoms with Gasteiger partial charge in [0.25, 0.3) is 5.91 Å². The molecular formula is C10H6Cl2N2OS. The van der Waals surface area contributed by atoms with Crippen LogP contribution in [0.1, 0.15) is 10.4 Å². The summed E-state index contributed by atoms with van der Waals surface area (Å²) in [4.78, 5) is 15.7. The Bertz CT molecular complexity index is 514. The van der Waals surface area contributed by atoms with Gasteiger partial charge in [-0.05, 0) is 12.1 Å². The first-order valence-electron chi connectivity index (χ1n) is 4.33. The van der Waals surface area contributed by atoms with E-state index in [2.05, 4.69) is 10.3 Å². The lowest BCUT2D eigenvalue weighted by atomic mass is 10.2. The Balaban J connectivity index is 2.24. The standard InChI is InChI=1S/C10H6Cl2N2OS/c11-7-3-1-2-6(8(7)12)9(15)14-10-13-4-5-16-10/h1-5H,(H,13,14,15).